The van der Waals surface area contributed by atoms with Gasteiger partial charge in [0.2, 0.25) is 11.8 Å². The summed E-state index contributed by atoms with van der Waals surface area (Å²) in [6, 6.07) is 0. The van der Waals surface area contributed by atoms with Crippen LogP contribution in [-0.2, 0) is 9.59 Å². The van der Waals surface area contributed by atoms with E-state index in [0.717, 1.165) is 63.8 Å². The highest BCUT2D eigenvalue weighted by molar-refractivity contribution is 5.86. The van der Waals surface area contributed by atoms with Crippen LogP contribution in [0.15, 0.2) is 0 Å². The van der Waals surface area contributed by atoms with Crippen LogP contribution in [0.3, 0.4) is 0 Å². The smallest absolute Gasteiger partial charge is 0.226 e. The van der Waals surface area contributed by atoms with Gasteiger partial charge in [-0.2, -0.15) is 0 Å². The van der Waals surface area contributed by atoms with Gasteiger partial charge in [-0.05, 0) is 44.2 Å². The van der Waals surface area contributed by atoms with Gasteiger partial charge in [0.1, 0.15) is 0 Å². The first-order valence-electron chi connectivity index (χ1n) is 7.88. The molecule has 0 radical (unpaired) electrons. The third-order valence-corrected chi connectivity index (χ3v) is 5.34. The summed E-state index contributed by atoms with van der Waals surface area (Å²) < 4.78 is 0. The molecular weight excluding hydrogens is 254 g/mol. The lowest BCUT2D eigenvalue weighted by Crippen LogP contribution is -2.44. The van der Waals surface area contributed by atoms with E-state index in [-0.39, 0.29) is 17.7 Å². The molecule has 112 valence electrons. The predicted molar refractivity (Wildman–Crippen MR) is 76.0 cm³/mol. The Kier molecular flexibility index (Phi) is 3.96. The highest BCUT2D eigenvalue weighted by Gasteiger charge is 2.35. The fraction of sp³-hybridized carbons (Fsp3) is 0.867. The molecule has 3 aliphatic heterocycles. The molecule has 0 aromatic carbocycles. The van der Waals surface area contributed by atoms with Crippen molar-refractivity contribution in [3.63, 3.8) is 0 Å². The Balaban J connectivity index is 1.58. The fourth-order valence-corrected chi connectivity index (χ4v) is 3.85. The monoisotopic (exact) mass is 279 g/mol. The molecule has 1 unspecified atom stereocenters. The SMILES string of the molecule is CN1CCC(C(=O)N2CC[C@@H]3CNC[C@@H]3CC2)CC1=O. The van der Waals surface area contributed by atoms with Crippen molar-refractivity contribution in [1.29, 1.82) is 0 Å². The quantitative estimate of drug-likeness (QED) is 0.752. The van der Waals surface area contributed by atoms with Gasteiger partial charge in [0.15, 0.2) is 0 Å². The second kappa shape index (κ2) is 5.72. The van der Waals surface area contributed by atoms with E-state index in [1.165, 1.54) is 0 Å². The molecule has 3 rings (SSSR count). The summed E-state index contributed by atoms with van der Waals surface area (Å²) in [5.41, 5.74) is 0. The summed E-state index contributed by atoms with van der Waals surface area (Å²) in [4.78, 5) is 28.2. The summed E-state index contributed by atoms with van der Waals surface area (Å²) in [5, 5.41) is 3.46. The topological polar surface area (TPSA) is 52.7 Å². The molecule has 5 heteroatoms. The third-order valence-electron chi connectivity index (χ3n) is 5.34. The zero-order chi connectivity index (χ0) is 14.1. The van der Waals surface area contributed by atoms with Crippen molar-refractivity contribution in [1.82, 2.24) is 15.1 Å². The second-order valence-corrected chi connectivity index (χ2v) is 6.59. The number of hydrogen-bond donors (Lipinski definition) is 1. The summed E-state index contributed by atoms with van der Waals surface area (Å²) >= 11 is 0. The van der Waals surface area contributed by atoms with Gasteiger partial charge >= 0.3 is 0 Å². The van der Waals surface area contributed by atoms with Crippen LogP contribution in [0.5, 0.6) is 0 Å². The minimum absolute atomic E-state index is 0.0743. The van der Waals surface area contributed by atoms with E-state index < -0.39 is 0 Å². The molecule has 3 heterocycles. The highest BCUT2D eigenvalue weighted by atomic mass is 16.2. The van der Waals surface area contributed by atoms with Crippen molar-refractivity contribution in [2.75, 3.05) is 39.8 Å². The number of nitrogens with one attached hydrogen (secondary N) is 1. The maximum atomic E-state index is 12.6. The lowest BCUT2D eigenvalue weighted by Gasteiger charge is -2.32. The van der Waals surface area contributed by atoms with Gasteiger partial charge in [-0.1, -0.05) is 0 Å². The van der Waals surface area contributed by atoms with Crippen LogP contribution >= 0.6 is 0 Å². The van der Waals surface area contributed by atoms with E-state index in [1.807, 2.05) is 11.9 Å². The molecule has 3 aliphatic rings. The average molecular weight is 279 g/mol. The van der Waals surface area contributed by atoms with E-state index in [1.54, 1.807) is 4.90 Å². The van der Waals surface area contributed by atoms with Gasteiger partial charge in [0.05, 0.1) is 0 Å². The molecule has 0 saturated carbocycles. The molecule has 2 amide bonds. The summed E-state index contributed by atoms with van der Waals surface area (Å²) in [6.45, 7) is 4.70. The van der Waals surface area contributed by atoms with Gasteiger partial charge in [-0.3, -0.25) is 9.59 Å². The first-order chi connectivity index (χ1) is 9.65. The van der Waals surface area contributed by atoms with Crippen molar-refractivity contribution < 1.29 is 9.59 Å². The Morgan fingerprint density at radius 2 is 1.75 bits per heavy atom. The average Bonchev–Trinajstić information content (AvgIpc) is 2.80. The van der Waals surface area contributed by atoms with Gasteiger partial charge in [0.25, 0.3) is 0 Å². The Labute approximate surface area is 120 Å². The number of likely N-dealkylation sites (tertiary alicyclic amines) is 2. The number of nitrogens with zero attached hydrogens (tertiary/aromatic N) is 2. The third kappa shape index (κ3) is 2.68. The van der Waals surface area contributed by atoms with Crippen LogP contribution in [0.4, 0.5) is 0 Å². The molecule has 5 nitrogen and oxygen atoms in total. The first kappa shape index (κ1) is 13.9. The van der Waals surface area contributed by atoms with Crippen LogP contribution in [-0.4, -0.2) is 61.4 Å². The summed E-state index contributed by atoms with van der Waals surface area (Å²) in [7, 11) is 1.82. The molecule has 3 fully saturated rings. The molecule has 0 aliphatic carbocycles. The Hall–Kier alpha value is -1.10. The molecule has 1 N–H and O–H groups in total. The van der Waals surface area contributed by atoms with E-state index in [4.69, 9.17) is 0 Å². The molecule has 0 aromatic rings. The van der Waals surface area contributed by atoms with Gasteiger partial charge < -0.3 is 15.1 Å². The van der Waals surface area contributed by atoms with Crippen molar-refractivity contribution in [2.24, 2.45) is 17.8 Å². The van der Waals surface area contributed by atoms with Crippen LogP contribution < -0.4 is 5.32 Å². The number of carbonyl (C=O) groups is 2. The molecule has 3 saturated heterocycles. The van der Waals surface area contributed by atoms with Crippen LogP contribution in [0, 0.1) is 17.8 Å². The van der Waals surface area contributed by atoms with Crippen LogP contribution in [0.2, 0.25) is 0 Å². The molecule has 20 heavy (non-hydrogen) atoms. The number of fused-ring (bicyclic) bond motifs is 1. The minimum Gasteiger partial charge on any atom is -0.346 e. The van der Waals surface area contributed by atoms with E-state index in [0.29, 0.717) is 6.42 Å². The van der Waals surface area contributed by atoms with E-state index in [2.05, 4.69) is 5.32 Å². The second-order valence-electron chi connectivity index (χ2n) is 6.59. The Morgan fingerprint density at radius 3 is 2.35 bits per heavy atom. The van der Waals surface area contributed by atoms with Crippen LogP contribution in [0.25, 0.3) is 0 Å². The largest absolute Gasteiger partial charge is 0.346 e. The number of amides is 2. The number of piperidine rings is 1. The van der Waals surface area contributed by atoms with Gasteiger partial charge in [-0.25, -0.2) is 0 Å². The molecule has 0 aromatic heterocycles. The highest BCUT2D eigenvalue weighted by Crippen LogP contribution is 2.29. The normalized spacial score (nSPS) is 34.9. The number of carbonyl (C=O) groups excluding carboxylic acids is 2. The van der Waals surface area contributed by atoms with Gasteiger partial charge in [0, 0.05) is 39.0 Å². The predicted octanol–water partition coefficient (Wildman–Crippen LogP) is 0.313. The molecule has 0 bridgehead atoms. The lowest BCUT2D eigenvalue weighted by molar-refractivity contribution is -0.144. The van der Waals surface area contributed by atoms with Crippen LogP contribution in [0.1, 0.15) is 25.7 Å². The van der Waals surface area contributed by atoms with E-state index in [9.17, 15) is 9.59 Å². The summed E-state index contributed by atoms with van der Waals surface area (Å²) in [5.74, 6) is 1.75. The maximum Gasteiger partial charge on any atom is 0.226 e. The zero-order valence-corrected chi connectivity index (χ0v) is 12.3. The summed E-state index contributed by atoms with van der Waals surface area (Å²) in [6.07, 6.45) is 3.46. The van der Waals surface area contributed by atoms with E-state index >= 15 is 0 Å². The Morgan fingerprint density at radius 1 is 1.10 bits per heavy atom. The van der Waals surface area contributed by atoms with Gasteiger partial charge in [-0.15, -0.1) is 0 Å². The van der Waals surface area contributed by atoms with Crippen molar-refractivity contribution in [2.45, 2.75) is 25.7 Å². The molecule has 0 spiro atoms. The van der Waals surface area contributed by atoms with Crippen molar-refractivity contribution in [3.05, 3.63) is 0 Å². The Bertz CT molecular complexity index is 385. The first-order valence-corrected chi connectivity index (χ1v) is 7.88. The zero-order valence-electron chi connectivity index (χ0n) is 12.3. The lowest BCUT2D eigenvalue weighted by atomic mass is 9.92. The number of hydrogen-bond acceptors (Lipinski definition) is 3. The standard InChI is InChI=1S/C15H25N3O2/c1-17-5-2-11(8-14(17)19)15(20)18-6-3-12-9-16-10-13(12)4-7-18/h11-13,16H,2-10H2,1H3/t11?,12-,13+. The minimum atomic E-state index is -0.0743. The molecular formula is C15H25N3O2. The van der Waals surface area contributed by atoms with Crippen molar-refractivity contribution in [3.8, 4) is 0 Å². The fourth-order valence-electron chi connectivity index (χ4n) is 3.85. The maximum absolute atomic E-state index is 12.6. The molecule has 3 atom stereocenters. The van der Waals surface area contributed by atoms with Crippen molar-refractivity contribution >= 4 is 11.8 Å². The number of rotatable bonds is 1.